The maximum atomic E-state index is 8.89. The van der Waals surface area contributed by atoms with Crippen molar-refractivity contribution in [3.8, 4) is 0 Å². The van der Waals surface area contributed by atoms with Crippen molar-refractivity contribution in [1.29, 1.82) is 0 Å². The Bertz CT molecular complexity index is 298. The van der Waals surface area contributed by atoms with Crippen molar-refractivity contribution in [3.05, 3.63) is 18.0 Å². The zero-order chi connectivity index (χ0) is 12.5. The van der Waals surface area contributed by atoms with Crippen LogP contribution in [0.1, 0.15) is 12.0 Å². The van der Waals surface area contributed by atoms with Crippen LogP contribution in [0.3, 0.4) is 0 Å². The van der Waals surface area contributed by atoms with Crippen molar-refractivity contribution in [1.82, 2.24) is 15.1 Å². The monoisotopic (exact) mass is 243 g/mol. The zero-order valence-corrected chi connectivity index (χ0v) is 10.2. The van der Waals surface area contributed by atoms with Gasteiger partial charge in [-0.15, -0.1) is 0 Å². The molecule has 3 N–H and O–H groups in total. The Balaban J connectivity index is 2.35. The number of aliphatic hydroxyl groups excluding tert-OH is 2. The second kappa shape index (κ2) is 8.19. The fraction of sp³-hybridized carbons (Fsp3) is 0.727. The molecule has 0 aliphatic rings. The molecule has 0 aliphatic carbocycles. The number of nitrogens with zero attached hydrogens (tertiary/aromatic N) is 2. The van der Waals surface area contributed by atoms with E-state index in [0.29, 0.717) is 26.1 Å². The first-order valence-corrected chi connectivity index (χ1v) is 5.75. The van der Waals surface area contributed by atoms with E-state index in [1.165, 1.54) is 0 Å². The van der Waals surface area contributed by atoms with Gasteiger partial charge in [-0.3, -0.25) is 4.68 Å². The lowest BCUT2D eigenvalue weighted by molar-refractivity contribution is 0.148. The van der Waals surface area contributed by atoms with Crippen LogP contribution in [0, 0.1) is 0 Å². The van der Waals surface area contributed by atoms with Gasteiger partial charge in [-0.25, -0.2) is 0 Å². The van der Waals surface area contributed by atoms with Gasteiger partial charge in [0.2, 0.25) is 0 Å². The van der Waals surface area contributed by atoms with Crippen molar-refractivity contribution < 1.29 is 14.9 Å². The third kappa shape index (κ3) is 5.27. The van der Waals surface area contributed by atoms with Crippen molar-refractivity contribution in [3.63, 3.8) is 0 Å². The summed E-state index contributed by atoms with van der Waals surface area (Å²) in [5.41, 5.74) is 1.05. The Morgan fingerprint density at radius 1 is 1.47 bits per heavy atom. The lowest BCUT2D eigenvalue weighted by Gasteiger charge is -2.15. The Kier molecular flexibility index (Phi) is 6.80. The summed E-state index contributed by atoms with van der Waals surface area (Å²) < 4.78 is 6.76. The van der Waals surface area contributed by atoms with Crippen LogP contribution in [-0.2, 0) is 17.8 Å². The van der Waals surface area contributed by atoms with E-state index in [1.807, 2.05) is 6.20 Å². The van der Waals surface area contributed by atoms with Gasteiger partial charge in [0.1, 0.15) is 0 Å². The predicted octanol–water partition coefficient (Wildman–Crippen LogP) is -0.638. The number of methoxy groups -OCH3 is 1. The molecule has 1 atom stereocenters. The van der Waals surface area contributed by atoms with Crippen LogP contribution in [0.15, 0.2) is 12.4 Å². The molecule has 1 aromatic heterocycles. The van der Waals surface area contributed by atoms with E-state index in [9.17, 15) is 0 Å². The zero-order valence-electron chi connectivity index (χ0n) is 10.2. The molecule has 0 aliphatic heterocycles. The summed E-state index contributed by atoms with van der Waals surface area (Å²) >= 11 is 0. The van der Waals surface area contributed by atoms with Crippen LogP contribution >= 0.6 is 0 Å². The Morgan fingerprint density at radius 3 is 2.94 bits per heavy atom. The largest absolute Gasteiger partial charge is 0.396 e. The fourth-order valence-corrected chi connectivity index (χ4v) is 1.59. The van der Waals surface area contributed by atoms with Crippen LogP contribution in [0.4, 0.5) is 0 Å². The van der Waals surface area contributed by atoms with Crippen LogP contribution in [0.2, 0.25) is 0 Å². The number of ether oxygens (including phenoxy) is 1. The lowest BCUT2D eigenvalue weighted by atomic mass is 10.2. The van der Waals surface area contributed by atoms with E-state index in [4.69, 9.17) is 14.9 Å². The van der Waals surface area contributed by atoms with Gasteiger partial charge in [-0.2, -0.15) is 5.10 Å². The quantitative estimate of drug-likeness (QED) is 0.538. The molecule has 17 heavy (non-hydrogen) atoms. The fourth-order valence-electron chi connectivity index (χ4n) is 1.59. The highest BCUT2D eigenvalue weighted by atomic mass is 16.5. The van der Waals surface area contributed by atoms with E-state index in [1.54, 1.807) is 18.0 Å². The first-order chi connectivity index (χ1) is 8.30. The topological polar surface area (TPSA) is 79.5 Å². The van der Waals surface area contributed by atoms with E-state index < -0.39 is 0 Å². The number of aliphatic hydroxyl groups is 2. The van der Waals surface area contributed by atoms with E-state index in [2.05, 4.69) is 10.4 Å². The lowest BCUT2D eigenvalue weighted by Crippen LogP contribution is -2.33. The summed E-state index contributed by atoms with van der Waals surface area (Å²) in [4.78, 5) is 0. The van der Waals surface area contributed by atoms with Crippen LogP contribution in [0.5, 0.6) is 0 Å². The molecule has 0 saturated carbocycles. The Labute approximate surface area is 101 Å². The smallest absolute Gasteiger partial charge is 0.0640 e. The summed E-state index contributed by atoms with van der Waals surface area (Å²) in [6, 6.07) is 0.145. The van der Waals surface area contributed by atoms with Crippen LogP contribution in [-0.4, -0.2) is 53.0 Å². The molecule has 0 amide bonds. The molecule has 0 bridgehead atoms. The Morgan fingerprint density at radius 2 is 2.29 bits per heavy atom. The highest BCUT2D eigenvalue weighted by molar-refractivity contribution is 5.03. The SMILES string of the molecule is COCC(CCO)NCc1cnn(CCO)c1. The molecule has 0 saturated heterocycles. The molecule has 6 nitrogen and oxygen atoms in total. The third-order valence-electron chi connectivity index (χ3n) is 2.46. The minimum Gasteiger partial charge on any atom is -0.396 e. The summed E-state index contributed by atoms with van der Waals surface area (Å²) in [7, 11) is 1.64. The molecular weight excluding hydrogens is 222 g/mol. The van der Waals surface area contributed by atoms with Gasteiger partial charge in [0.25, 0.3) is 0 Å². The predicted molar refractivity (Wildman–Crippen MR) is 63.5 cm³/mol. The van der Waals surface area contributed by atoms with E-state index in [-0.39, 0.29) is 19.3 Å². The summed E-state index contributed by atoms with van der Waals surface area (Å²) in [6.07, 6.45) is 4.33. The van der Waals surface area contributed by atoms with Crippen molar-refractivity contribution >= 4 is 0 Å². The van der Waals surface area contributed by atoms with Gasteiger partial charge in [-0.1, -0.05) is 0 Å². The van der Waals surface area contributed by atoms with Gasteiger partial charge in [0.05, 0.1) is 26.0 Å². The average Bonchev–Trinajstić information content (AvgIpc) is 2.75. The van der Waals surface area contributed by atoms with Crippen LogP contribution < -0.4 is 5.32 Å². The minimum absolute atomic E-state index is 0.0887. The molecule has 1 heterocycles. The second-order valence-electron chi connectivity index (χ2n) is 3.88. The van der Waals surface area contributed by atoms with Crippen LogP contribution in [0.25, 0.3) is 0 Å². The first kappa shape index (κ1) is 14.1. The first-order valence-electron chi connectivity index (χ1n) is 5.75. The molecule has 6 heteroatoms. The van der Waals surface area contributed by atoms with E-state index in [0.717, 1.165) is 5.56 Å². The molecule has 0 aromatic carbocycles. The maximum Gasteiger partial charge on any atom is 0.0640 e. The molecule has 0 radical (unpaired) electrons. The van der Waals surface area contributed by atoms with E-state index >= 15 is 0 Å². The summed E-state index contributed by atoms with van der Waals surface area (Å²) in [5, 5.41) is 25.1. The number of rotatable bonds is 9. The maximum absolute atomic E-state index is 8.89. The number of nitrogens with one attached hydrogen (secondary N) is 1. The summed E-state index contributed by atoms with van der Waals surface area (Å²) in [6.45, 7) is 2.00. The van der Waals surface area contributed by atoms with Crippen molar-refractivity contribution in [2.24, 2.45) is 0 Å². The number of hydrogen-bond acceptors (Lipinski definition) is 5. The highest BCUT2D eigenvalue weighted by Gasteiger charge is 2.07. The van der Waals surface area contributed by atoms with Crippen molar-refractivity contribution in [2.75, 3.05) is 26.9 Å². The highest BCUT2D eigenvalue weighted by Crippen LogP contribution is 2.00. The minimum atomic E-state index is 0.0887. The molecule has 0 fully saturated rings. The molecule has 1 unspecified atom stereocenters. The third-order valence-corrected chi connectivity index (χ3v) is 2.46. The van der Waals surface area contributed by atoms with Crippen molar-refractivity contribution in [2.45, 2.75) is 25.6 Å². The van der Waals surface area contributed by atoms with Gasteiger partial charge in [0.15, 0.2) is 0 Å². The molecule has 98 valence electrons. The number of hydrogen-bond donors (Lipinski definition) is 3. The van der Waals surface area contributed by atoms with Gasteiger partial charge < -0.3 is 20.3 Å². The molecule has 1 aromatic rings. The second-order valence-corrected chi connectivity index (χ2v) is 3.88. The molecular formula is C11H21N3O3. The van der Waals surface area contributed by atoms with Gasteiger partial charge in [-0.05, 0) is 6.42 Å². The summed E-state index contributed by atoms with van der Waals surface area (Å²) in [5.74, 6) is 0. The van der Waals surface area contributed by atoms with Gasteiger partial charge in [0, 0.05) is 38.1 Å². The standard InChI is InChI=1S/C11H21N3O3/c1-17-9-11(2-4-15)12-6-10-7-13-14(8-10)3-5-16/h7-8,11-12,15-16H,2-6,9H2,1H3. The molecule has 0 spiro atoms. The number of aromatic nitrogens is 2. The van der Waals surface area contributed by atoms with Gasteiger partial charge >= 0.3 is 0 Å². The average molecular weight is 243 g/mol. The normalized spacial score (nSPS) is 12.9. The Hall–Kier alpha value is -0.950. The molecule has 1 rings (SSSR count).